The number of fused-ring (bicyclic) bond motifs is 1. The number of halogens is 3. The fraction of sp³-hybridized carbons (Fsp3) is 0.222. The van der Waals surface area contributed by atoms with E-state index in [0.717, 1.165) is 17.8 Å². The van der Waals surface area contributed by atoms with Crippen molar-refractivity contribution in [2.75, 3.05) is 23.0 Å². The lowest BCUT2D eigenvalue weighted by Gasteiger charge is -2.20. The summed E-state index contributed by atoms with van der Waals surface area (Å²) in [7, 11) is 0. The molecule has 9 heteroatoms. The molecule has 5 nitrogen and oxygen atoms in total. The molecule has 0 aromatic heterocycles. The zero-order valence-electron chi connectivity index (χ0n) is 14.1. The molecule has 1 aliphatic heterocycles. The molecular weight excluding hydrogens is 381 g/mol. The van der Waals surface area contributed by atoms with Crippen molar-refractivity contribution >= 4 is 35.1 Å². The van der Waals surface area contributed by atoms with E-state index in [2.05, 4.69) is 5.32 Å². The van der Waals surface area contributed by atoms with E-state index in [9.17, 15) is 22.8 Å². The van der Waals surface area contributed by atoms with Crippen LogP contribution >= 0.6 is 11.8 Å². The Morgan fingerprint density at radius 3 is 2.59 bits per heavy atom. The maximum absolute atomic E-state index is 13.3. The summed E-state index contributed by atoms with van der Waals surface area (Å²) in [6, 6.07) is 7.52. The van der Waals surface area contributed by atoms with Gasteiger partial charge in [0.25, 0.3) is 0 Å². The van der Waals surface area contributed by atoms with Gasteiger partial charge in [0, 0.05) is 22.8 Å². The molecule has 2 amide bonds. The molecule has 142 valence electrons. The zero-order valence-corrected chi connectivity index (χ0v) is 14.9. The van der Waals surface area contributed by atoms with Crippen molar-refractivity contribution in [3.05, 3.63) is 53.1 Å². The molecule has 0 fully saturated rings. The summed E-state index contributed by atoms with van der Waals surface area (Å²) in [5.74, 6) is -1.14. The van der Waals surface area contributed by atoms with Gasteiger partial charge in [-0.2, -0.15) is 13.2 Å². The number of hydrogen-bond donors (Lipinski definition) is 2. The van der Waals surface area contributed by atoms with Crippen LogP contribution in [-0.4, -0.2) is 29.9 Å². The summed E-state index contributed by atoms with van der Waals surface area (Å²) in [4.78, 5) is 24.9. The number of benzene rings is 2. The number of nitrogens with zero attached hydrogens (tertiary/aromatic N) is 1. The van der Waals surface area contributed by atoms with Crippen LogP contribution in [0.3, 0.4) is 0 Å². The van der Waals surface area contributed by atoms with Gasteiger partial charge in [0.05, 0.1) is 11.1 Å². The van der Waals surface area contributed by atoms with Gasteiger partial charge in [-0.05, 0) is 48.6 Å². The molecular formula is C18H15F3N2O3S. The van der Waals surface area contributed by atoms with Crippen molar-refractivity contribution in [1.29, 1.82) is 0 Å². The van der Waals surface area contributed by atoms with E-state index in [1.807, 2.05) is 0 Å². The molecule has 0 saturated carbocycles. The van der Waals surface area contributed by atoms with Gasteiger partial charge < -0.3 is 10.4 Å². The van der Waals surface area contributed by atoms with Crippen LogP contribution in [0.15, 0.2) is 41.3 Å². The van der Waals surface area contributed by atoms with E-state index in [-0.39, 0.29) is 28.4 Å². The van der Waals surface area contributed by atoms with E-state index >= 15 is 0 Å². The molecule has 1 aliphatic rings. The van der Waals surface area contributed by atoms with E-state index in [4.69, 9.17) is 5.11 Å². The van der Waals surface area contributed by atoms with Crippen molar-refractivity contribution in [3.8, 4) is 0 Å². The van der Waals surface area contributed by atoms with E-state index in [0.29, 0.717) is 12.0 Å². The number of carboxylic acids is 1. The summed E-state index contributed by atoms with van der Waals surface area (Å²) in [5.41, 5.74) is 0.360. The van der Waals surface area contributed by atoms with Crippen LogP contribution in [-0.2, 0) is 12.6 Å². The average molecular weight is 396 g/mol. The highest BCUT2D eigenvalue weighted by molar-refractivity contribution is 7.98. The molecule has 2 N–H and O–H groups in total. The first-order valence-corrected chi connectivity index (χ1v) is 9.13. The third kappa shape index (κ3) is 3.87. The Hall–Kier alpha value is -2.68. The van der Waals surface area contributed by atoms with Gasteiger partial charge in [0.15, 0.2) is 0 Å². The van der Waals surface area contributed by atoms with Gasteiger partial charge >= 0.3 is 18.2 Å². The van der Waals surface area contributed by atoms with Crippen molar-refractivity contribution < 1.29 is 27.9 Å². The fourth-order valence-electron chi connectivity index (χ4n) is 2.94. The molecule has 27 heavy (non-hydrogen) atoms. The number of amides is 2. The average Bonchev–Trinajstić information content (AvgIpc) is 3.03. The number of carbonyl (C=O) groups excluding carboxylic acids is 1. The monoisotopic (exact) mass is 396 g/mol. The first kappa shape index (κ1) is 19.1. The lowest BCUT2D eigenvalue weighted by atomic mass is 10.1. The number of carbonyl (C=O) groups is 2. The molecule has 1 heterocycles. The number of aromatic carboxylic acids is 1. The number of anilines is 2. The minimum atomic E-state index is -4.52. The molecule has 0 aliphatic carbocycles. The van der Waals surface area contributed by atoms with Crippen LogP contribution in [0.5, 0.6) is 0 Å². The van der Waals surface area contributed by atoms with Crippen LogP contribution in [0.4, 0.5) is 29.3 Å². The Kier molecular flexibility index (Phi) is 5.05. The van der Waals surface area contributed by atoms with Crippen molar-refractivity contribution in [2.45, 2.75) is 17.5 Å². The number of thioether (sulfide) groups is 1. The lowest BCUT2D eigenvalue weighted by molar-refractivity contribution is -0.139. The van der Waals surface area contributed by atoms with E-state index in [1.54, 1.807) is 6.26 Å². The lowest BCUT2D eigenvalue weighted by Crippen LogP contribution is -2.33. The summed E-state index contributed by atoms with van der Waals surface area (Å²) < 4.78 is 39.9. The van der Waals surface area contributed by atoms with Gasteiger partial charge in [0.2, 0.25) is 0 Å². The molecule has 0 saturated heterocycles. The number of nitrogens with one attached hydrogen (secondary N) is 1. The van der Waals surface area contributed by atoms with Gasteiger partial charge in [-0.25, -0.2) is 9.59 Å². The third-order valence-corrected chi connectivity index (χ3v) is 4.99. The van der Waals surface area contributed by atoms with Crippen LogP contribution < -0.4 is 10.2 Å². The second-order valence-corrected chi connectivity index (χ2v) is 6.74. The highest BCUT2D eigenvalue weighted by Crippen LogP contribution is 2.42. The minimum absolute atomic E-state index is 0.00130. The van der Waals surface area contributed by atoms with Crippen LogP contribution in [0.25, 0.3) is 0 Å². The van der Waals surface area contributed by atoms with Gasteiger partial charge in [-0.15, -0.1) is 11.8 Å². The van der Waals surface area contributed by atoms with Gasteiger partial charge in [-0.1, -0.05) is 6.07 Å². The molecule has 0 spiro atoms. The number of urea groups is 1. The number of carboxylic acid groups (broad SMARTS) is 1. The zero-order chi connectivity index (χ0) is 19.8. The standard InChI is InChI=1S/C18H15F3N2O3S/c1-27-15-8-10-5-6-23(14(10)9-13(15)18(19,20)21)17(26)22-12-4-2-3-11(7-12)16(24)25/h2-4,7-9H,5-6H2,1H3,(H,22,26)(H,24,25). The molecule has 0 radical (unpaired) electrons. The summed E-state index contributed by atoms with van der Waals surface area (Å²) in [6.45, 7) is 0.245. The van der Waals surface area contributed by atoms with Crippen LogP contribution in [0.2, 0.25) is 0 Å². The van der Waals surface area contributed by atoms with Crippen molar-refractivity contribution in [3.63, 3.8) is 0 Å². The Bertz CT molecular complexity index is 915. The quantitative estimate of drug-likeness (QED) is 0.737. The van der Waals surface area contributed by atoms with Crippen molar-refractivity contribution in [2.24, 2.45) is 0 Å². The smallest absolute Gasteiger partial charge is 0.417 e. The third-order valence-electron chi connectivity index (χ3n) is 4.21. The number of alkyl halides is 3. The van der Waals surface area contributed by atoms with E-state index < -0.39 is 23.7 Å². The van der Waals surface area contributed by atoms with E-state index in [1.165, 1.54) is 35.2 Å². The maximum Gasteiger partial charge on any atom is 0.417 e. The Labute approximate surface area is 157 Å². The highest BCUT2D eigenvalue weighted by atomic mass is 32.2. The molecule has 0 atom stereocenters. The largest absolute Gasteiger partial charge is 0.478 e. The van der Waals surface area contributed by atoms with Crippen molar-refractivity contribution in [1.82, 2.24) is 0 Å². The summed E-state index contributed by atoms with van der Waals surface area (Å²) in [5, 5.41) is 11.6. The van der Waals surface area contributed by atoms with Crippen LogP contribution in [0.1, 0.15) is 21.5 Å². The van der Waals surface area contributed by atoms with Gasteiger partial charge in [-0.3, -0.25) is 4.90 Å². The second-order valence-electron chi connectivity index (χ2n) is 5.90. The topological polar surface area (TPSA) is 69.6 Å². The predicted octanol–water partition coefficient (Wildman–Crippen LogP) is 4.72. The number of rotatable bonds is 3. The normalized spacial score (nSPS) is 13.4. The second kappa shape index (κ2) is 7.15. The minimum Gasteiger partial charge on any atom is -0.478 e. The summed E-state index contributed by atoms with van der Waals surface area (Å²) >= 11 is 1.01. The molecule has 0 bridgehead atoms. The molecule has 2 aromatic rings. The van der Waals surface area contributed by atoms with Crippen LogP contribution in [0, 0.1) is 0 Å². The maximum atomic E-state index is 13.3. The molecule has 3 rings (SSSR count). The summed E-state index contributed by atoms with van der Waals surface area (Å²) in [6.07, 6.45) is -2.50. The Morgan fingerprint density at radius 2 is 1.96 bits per heavy atom. The predicted molar refractivity (Wildman–Crippen MR) is 96.7 cm³/mol. The molecule has 0 unspecified atom stereocenters. The SMILES string of the molecule is CSc1cc2c(cc1C(F)(F)F)N(C(=O)Nc1cccc(C(=O)O)c1)CC2. The fourth-order valence-corrected chi connectivity index (χ4v) is 3.59. The molecule has 2 aromatic carbocycles. The highest BCUT2D eigenvalue weighted by Gasteiger charge is 2.36. The Morgan fingerprint density at radius 1 is 1.22 bits per heavy atom. The van der Waals surface area contributed by atoms with Gasteiger partial charge in [0.1, 0.15) is 0 Å². The Balaban J connectivity index is 1.89. The number of hydrogen-bond acceptors (Lipinski definition) is 3. The first-order valence-electron chi connectivity index (χ1n) is 7.90. The first-order chi connectivity index (χ1) is 12.7.